The first-order valence-electron chi connectivity index (χ1n) is 7.36. The van der Waals surface area contributed by atoms with Gasteiger partial charge in [0, 0.05) is 25.7 Å². The summed E-state index contributed by atoms with van der Waals surface area (Å²) >= 11 is 0. The van der Waals surface area contributed by atoms with Crippen molar-refractivity contribution in [3.63, 3.8) is 0 Å². The number of aryl methyl sites for hydroxylation is 1. The Morgan fingerprint density at radius 1 is 1.25 bits per heavy atom. The van der Waals surface area contributed by atoms with Crippen molar-refractivity contribution >= 4 is 5.82 Å². The van der Waals surface area contributed by atoms with Gasteiger partial charge in [0.05, 0.1) is 5.69 Å². The Labute approximate surface area is 121 Å². The lowest BCUT2D eigenvalue weighted by molar-refractivity contribution is 0.233. The Hall–Kier alpha value is -1.67. The summed E-state index contributed by atoms with van der Waals surface area (Å²) in [5.41, 5.74) is 2.73. The maximum Gasteiger partial charge on any atom is 0.169 e. The molecular weight excluding hydrogens is 250 g/mol. The predicted molar refractivity (Wildman–Crippen MR) is 79.8 cm³/mol. The van der Waals surface area contributed by atoms with Crippen molar-refractivity contribution in [2.24, 2.45) is 0 Å². The SMILES string of the molecule is CCc1nnc(N2CCN(C)C(C)C2)c(C#N)c1CC. The summed E-state index contributed by atoms with van der Waals surface area (Å²) in [6.45, 7) is 9.13. The Balaban J connectivity index is 2.40. The fraction of sp³-hybridized carbons (Fsp3) is 0.667. The fourth-order valence-electron chi connectivity index (χ4n) is 2.74. The minimum Gasteiger partial charge on any atom is -0.351 e. The fourth-order valence-corrected chi connectivity index (χ4v) is 2.74. The summed E-state index contributed by atoms with van der Waals surface area (Å²) < 4.78 is 0. The number of nitriles is 1. The van der Waals surface area contributed by atoms with Crippen molar-refractivity contribution in [2.75, 3.05) is 31.6 Å². The molecule has 0 N–H and O–H groups in total. The standard InChI is InChI=1S/C15H23N5/c1-5-12-13(9-16)15(18-17-14(12)6-2)20-8-7-19(4)11(3)10-20/h11H,5-8,10H2,1-4H3. The Bertz CT molecular complexity index is 520. The Morgan fingerprint density at radius 3 is 2.55 bits per heavy atom. The lowest BCUT2D eigenvalue weighted by Crippen LogP contribution is -2.50. The summed E-state index contributed by atoms with van der Waals surface area (Å²) in [6.07, 6.45) is 1.65. The van der Waals surface area contributed by atoms with Crippen molar-refractivity contribution < 1.29 is 0 Å². The minimum atomic E-state index is 0.466. The summed E-state index contributed by atoms with van der Waals surface area (Å²) in [4.78, 5) is 4.53. The molecule has 5 nitrogen and oxygen atoms in total. The van der Waals surface area contributed by atoms with Crippen molar-refractivity contribution in [1.82, 2.24) is 15.1 Å². The van der Waals surface area contributed by atoms with Gasteiger partial charge in [-0.2, -0.15) is 10.4 Å². The first kappa shape index (κ1) is 14.7. The van der Waals surface area contributed by atoms with Crippen LogP contribution in [0.2, 0.25) is 0 Å². The molecule has 0 saturated carbocycles. The van der Waals surface area contributed by atoms with E-state index in [-0.39, 0.29) is 0 Å². The van der Waals surface area contributed by atoms with Gasteiger partial charge in [-0.3, -0.25) is 0 Å². The summed E-state index contributed by atoms with van der Waals surface area (Å²) in [5, 5.41) is 18.2. The van der Waals surface area contributed by atoms with Gasteiger partial charge in [-0.1, -0.05) is 13.8 Å². The number of aromatic nitrogens is 2. The zero-order valence-corrected chi connectivity index (χ0v) is 12.8. The topological polar surface area (TPSA) is 56.1 Å². The van der Waals surface area contributed by atoms with Crippen LogP contribution in [0.1, 0.15) is 37.6 Å². The quantitative estimate of drug-likeness (QED) is 0.837. The van der Waals surface area contributed by atoms with Crippen LogP contribution in [-0.4, -0.2) is 47.8 Å². The molecule has 1 atom stereocenters. The third kappa shape index (κ3) is 2.61. The van der Waals surface area contributed by atoms with Crippen LogP contribution < -0.4 is 4.90 Å². The molecule has 1 aliphatic heterocycles. The molecular formula is C15H23N5. The van der Waals surface area contributed by atoms with Gasteiger partial charge < -0.3 is 9.80 Å². The lowest BCUT2D eigenvalue weighted by Gasteiger charge is -2.38. The summed E-state index contributed by atoms with van der Waals surface area (Å²) in [5.74, 6) is 0.765. The van der Waals surface area contributed by atoms with Gasteiger partial charge in [-0.05, 0) is 32.4 Å². The zero-order valence-electron chi connectivity index (χ0n) is 12.8. The van der Waals surface area contributed by atoms with Crippen molar-refractivity contribution in [3.05, 3.63) is 16.8 Å². The van der Waals surface area contributed by atoms with Gasteiger partial charge in [0.1, 0.15) is 11.6 Å². The second kappa shape index (κ2) is 6.19. The third-order valence-corrected chi connectivity index (χ3v) is 4.20. The number of anilines is 1. The van der Waals surface area contributed by atoms with E-state index in [0.717, 1.165) is 55.1 Å². The van der Waals surface area contributed by atoms with Crippen LogP contribution in [-0.2, 0) is 12.8 Å². The molecule has 0 aromatic carbocycles. The molecule has 0 aliphatic carbocycles. The molecule has 0 spiro atoms. The van der Waals surface area contributed by atoms with E-state index in [1.807, 2.05) is 0 Å². The average Bonchev–Trinajstić information content (AvgIpc) is 2.48. The molecule has 0 bridgehead atoms. The molecule has 20 heavy (non-hydrogen) atoms. The number of likely N-dealkylation sites (N-methyl/N-ethyl adjacent to an activating group) is 1. The number of nitrogens with zero attached hydrogens (tertiary/aromatic N) is 5. The maximum absolute atomic E-state index is 9.54. The molecule has 2 heterocycles. The van der Waals surface area contributed by atoms with E-state index in [1.54, 1.807) is 0 Å². The second-order valence-corrected chi connectivity index (χ2v) is 5.42. The van der Waals surface area contributed by atoms with Crippen molar-refractivity contribution in [1.29, 1.82) is 5.26 Å². The highest BCUT2D eigenvalue weighted by atomic mass is 15.3. The van der Waals surface area contributed by atoms with E-state index in [0.29, 0.717) is 6.04 Å². The first-order chi connectivity index (χ1) is 9.62. The Kier molecular flexibility index (Phi) is 4.56. The number of rotatable bonds is 3. The molecule has 1 unspecified atom stereocenters. The number of piperazine rings is 1. The lowest BCUT2D eigenvalue weighted by atomic mass is 10.0. The Morgan fingerprint density at radius 2 is 2.00 bits per heavy atom. The monoisotopic (exact) mass is 273 g/mol. The molecule has 0 radical (unpaired) electrons. The van der Waals surface area contributed by atoms with Gasteiger partial charge >= 0.3 is 0 Å². The predicted octanol–water partition coefficient (Wildman–Crippen LogP) is 1.61. The number of hydrogen-bond acceptors (Lipinski definition) is 5. The van der Waals surface area contributed by atoms with E-state index < -0.39 is 0 Å². The van der Waals surface area contributed by atoms with Gasteiger partial charge in [-0.15, -0.1) is 5.10 Å². The zero-order chi connectivity index (χ0) is 14.7. The van der Waals surface area contributed by atoms with Gasteiger partial charge in [0.15, 0.2) is 5.82 Å². The van der Waals surface area contributed by atoms with Crippen LogP contribution in [0.25, 0.3) is 0 Å². The molecule has 1 saturated heterocycles. The molecule has 108 valence electrons. The smallest absolute Gasteiger partial charge is 0.169 e. The van der Waals surface area contributed by atoms with Gasteiger partial charge in [-0.25, -0.2) is 0 Å². The summed E-state index contributed by atoms with van der Waals surface area (Å²) in [6, 6.07) is 2.82. The van der Waals surface area contributed by atoms with Crippen LogP contribution in [0.15, 0.2) is 0 Å². The van der Waals surface area contributed by atoms with Crippen molar-refractivity contribution in [3.8, 4) is 6.07 Å². The molecule has 1 aliphatic rings. The largest absolute Gasteiger partial charge is 0.351 e. The molecule has 1 fully saturated rings. The molecule has 5 heteroatoms. The van der Waals surface area contributed by atoms with E-state index in [2.05, 4.69) is 53.9 Å². The van der Waals surface area contributed by atoms with E-state index in [1.165, 1.54) is 0 Å². The van der Waals surface area contributed by atoms with Crippen LogP contribution in [0.5, 0.6) is 0 Å². The van der Waals surface area contributed by atoms with Crippen LogP contribution in [0.3, 0.4) is 0 Å². The normalized spacial score (nSPS) is 19.9. The van der Waals surface area contributed by atoms with Gasteiger partial charge in [0.2, 0.25) is 0 Å². The van der Waals surface area contributed by atoms with Gasteiger partial charge in [0.25, 0.3) is 0 Å². The highest BCUT2D eigenvalue weighted by Gasteiger charge is 2.25. The second-order valence-electron chi connectivity index (χ2n) is 5.42. The van der Waals surface area contributed by atoms with Crippen LogP contribution >= 0.6 is 0 Å². The summed E-state index contributed by atoms with van der Waals surface area (Å²) in [7, 11) is 2.14. The van der Waals surface area contributed by atoms with Crippen LogP contribution in [0, 0.1) is 11.3 Å². The van der Waals surface area contributed by atoms with E-state index >= 15 is 0 Å². The molecule has 1 aromatic rings. The average molecular weight is 273 g/mol. The van der Waals surface area contributed by atoms with E-state index in [9.17, 15) is 5.26 Å². The first-order valence-corrected chi connectivity index (χ1v) is 7.36. The van der Waals surface area contributed by atoms with Crippen molar-refractivity contribution in [2.45, 2.75) is 39.7 Å². The highest BCUT2D eigenvalue weighted by Crippen LogP contribution is 2.25. The molecule has 2 rings (SSSR count). The third-order valence-electron chi connectivity index (χ3n) is 4.20. The van der Waals surface area contributed by atoms with Crippen LogP contribution in [0.4, 0.5) is 5.82 Å². The molecule has 1 aromatic heterocycles. The maximum atomic E-state index is 9.54. The van der Waals surface area contributed by atoms with E-state index in [4.69, 9.17) is 0 Å². The highest BCUT2D eigenvalue weighted by molar-refractivity contribution is 5.58. The molecule has 0 amide bonds. The minimum absolute atomic E-state index is 0.466. The number of hydrogen-bond donors (Lipinski definition) is 0.